The number of benzene rings is 1. The largest absolute Gasteiger partial charge is 0.372 e. The van der Waals surface area contributed by atoms with Gasteiger partial charge in [0.2, 0.25) is 15.9 Å². The Hall–Kier alpha value is -2.65. The molecule has 1 amide bonds. The van der Waals surface area contributed by atoms with Gasteiger partial charge in [-0.3, -0.25) is 9.59 Å². The highest BCUT2D eigenvalue weighted by Gasteiger charge is 2.22. The minimum Gasteiger partial charge on any atom is -0.372 e. The number of rotatable bonds is 10. The van der Waals surface area contributed by atoms with Crippen LogP contribution in [-0.4, -0.2) is 49.4 Å². The van der Waals surface area contributed by atoms with E-state index in [0.29, 0.717) is 18.8 Å². The van der Waals surface area contributed by atoms with Crippen molar-refractivity contribution in [2.75, 3.05) is 36.4 Å². The van der Waals surface area contributed by atoms with E-state index in [1.165, 1.54) is 22.6 Å². The maximum absolute atomic E-state index is 12.7. The molecule has 1 N–H and O–H groups in total. The number of nitrogens with zero attached hydrogens (tertiary/aromatic N) is 3. The predicted octanol–water partition coefficient (Wildman–Crippen LogP) is 2.36. The van der Waals surface area contributed by atoms with Gasteiger partial charge in [0.15, 0.2) is 0 Å². The van der Waals surface area contributed by atoms with Crippen molar-refractivity contribution in [3.63, 3.8) is 0 Å². The average molecular weight is 435 g/mol. The summed E-state index contributed by atoms with van der Waals surface area (Å²) in [6.07, 6.45) is 1.22. The Morgan fingerprint density at radius 2 is 1.53 bits per heavy atom. The number of amides is 1. The number of hydrogen-bond donors (Lipinski definition) is 1. The molecule has 0 radical (unpaired) electrons. The van der Waals surface area contributed by atoms with Gasteiger partial charge >= 0.3 is 0 Å². The molecule has 0 atom stereocenters. The molecule has 9 heteroatoms. The summed E-state index contributed by atoms with van der Waals surface area (Å²) < 4.78 is 27.8. The Labute approximate surface area is 178 Å². The quantitative estimate of drug-likeness (QED) is 0.620. The molecule has 30 heavy (non-hydrogen) atoms. The van der Waals surface area contributed by atoms with Crippen molar-refractivity contribution in [3.05, 3.63) is 52.9 Å². The first-order valence-corrected chi connectivity index (χ1v) is 11.6. The Balaban J connectivity index is 2.16. The zero-order chi connectivity index (χ0) is 22.3. The molecule has 8 nitrogen and oxygen atoms in total. The first kappa shape index (κ1) is 23.6. The van der Waals surface area contributed by atoms with Gasteiger partial charge in [-0.05, 0) is 44.2 Å². The third kappa shape index (κ3) is 5.48. The summed E-state index contributed by atoms with van der Waals surface area (Å²) in [6, 6.07) is 9.89. The predicted molar refractivity (Wildman–Crippen MR) is 119 cm³/mol. The van der Waals surface area contributed by atoms with Crippen LogP contribution >= 0.6 is 0 Å². The molecule has 0 saturated carbocycles. The summed E-state index contributed by atoms with van der Waals surface area (Å²) in [7, 11) is -3.72. The van der Waals surface area contributed by atoms with E-state index in [4.69, 9.17) is 0 Å². The Morgan fingerprint density at radius 1 is 0.933 bits per heavy atom. The second kappa shape index (κ2) is 10.4. The lowest BCUT2D eigenvalue weighted by Crippen LogP contribution is -2.33. The fourth-order valence-corrected chi connectivity index (χ4v) is 4.68. The molecule has 0 aliphatic carbocycles. The van der Waals surface area contributed by atoms with Crippen LogP contribution in [0, 0.1) is 0 Å². The Morgan fingerprint density at radius 3 is 2.07 bits per heavy atom. The smallest absolute Gasteiger partial charge is 0.251 e. The highest BCUT2D eigenvalue weighted by molar-refractivity contribution is 7.89. The standard InChI is InChI=1S/C21H30N4O4S/c1-5-23(6-2)18-11-9-17(10-12-18)22-20(26)16-24-15-19(13-14-21(24)27)30(28,29)25(7-3)8-4/h9-15H,5-8,16H2,1-4H3,(H,22,26). The number of anilines is 2. The van der Waals surface area contributed by atoms with Gasteiger partial charge in [0, 0.05) is 49.8 Å². The lowest BCUT2D eigenvalue weighted by molar-refractivity contribution is -0.116. The molecule has 1 heterocycles. The summed E-state index contributed by atoms with van der Waals surface area (Å²) in [4.78, 5) is 26.8. The van der Waals surface area contributed by atoms with Crippen molar-refractivity contribution in [2.24, 2.45) is 0 Å². The van der Waals surface area contributed by atoms with Gasteiger partial charge in [-0.15, -0.1) is 0 Å². The van der Waals surface area contributed by atoms with Crippen molar-refractivity contribution < 1.29 is 13.2 Å². The number of aromatic nitrogens is 1. The third-order valence-electron chi connectivity index (χ3n) is 4.89. The van der Waals surface area contributed by atoms with Crippen LogP contribution in [0.25, 0.3) is 0 Å². The van der Waals surface area contributed by atoms with Crippen LogP contribution in [0.5, 0.6) is 0 Å². The highest BCUT2D eigenvalue weighted by Crippen LogP contribution is 2.18. The van der Waals surface area contributed by atoms with Crippen LogP contribution in [0.15, 0.2) is 52.3 Å². The summed E-state index contributed by atoms with van der Waals surface area (Å²) >= 11 is 0. The molecule has 1 aromatic heterocycles. The van der Waals surface area contributed by atoms with E-state index < -0.39 is 21.5 Å². The van der Waals surface area contributed by atoms with Crippen LogP contribution in [0.3, 0.4) is 0 Å². The van der Waals surface area contributed by atoms with Crippen molar-refractivity contribution in [2.45, 2.75) is 39.1 Å². The first-order chi connectivity index (χ1) is 14.3. The second-order valence-corrected chi connectivity index (χ2v) is 8.63. The molecule has 0 spiro atoms. The molecule has 1 aromatic carbocycles. The van der Waals surface area contributed by atoms with Crippen molar-refractivity contribution in [1.82, 2.24) is 8.87 Å². The Kier molecular flexibility index (Phi) is 8.19. The van der Waals surface area contributed by atoms with E-state index in [-0.39, 0.29) is 11.4 Å². The van der Waals surface area contributed by atoms with Crippen LogP contribution in [0.2, 0.25) is 0 Å². The topological polar surface area (TPSA) is 91.7 Å². The molecule has 2 rings (SSSR count). The van der Waals surface area contributed by atoms with E-state index in [1.807, 2.05) is 12.1 Å². The molecular weight excluding hydrogens is 404 g/mol. The molecule has 0 aliphatic heterocycles. The molecule has 0 bridgehead atoms. The van der Waals surface area contributed by atoms with Gasteiger partial charge < -0.3 is 14.8 Å². The minimum absolute atomic E-state index is 0.0119. The van der Waals surface area contributed by atoms with E-state index in [1.54, 1.807) is 26.0 Å². The molecule has 0 saturated heterocycles. The maximum Gasteiger partial charge on any atom is 0.251 e. The number of sulfonamides is 1. The normalized spacial score (nSPS) is 11.5. The monoisotopic (exact) mass is 434 g/mol. The van der Waals surface area contributed by atoms with Crippen LogP contribution in [0.4, 0.5) is 11.4 Å². The lowest BCUT2D eigenvalue weighted by atomic mass is 10.2. The molecule has 2 aromatic rings. The van der Waals surface area contributed by atoms with Gasteiger partial charge in [0.05, 0.1) is 4.90 Å². The van der Waals surface area contributed by atoms with Crippen LogP contribution < -0.4 is 15.8 Å². The van der Waals surface area contributed by atoms with Gasteiger partial charge in [-0.25, -0.2) is 8.42 Å². The number of carbonyl (C=O) groups is 1. The zero-order valence-corrected chi connectivity index (χ0v) is 18.8. The number of carbonyl (C=O) groups excluding carboxylic acids is 1. The summed E-state index contributed by atoms with van der Waals surface area (Å²) in [5.74, 6) is -0.412. The van der Waals surface area contributed by atoms with Crippen molar-refractivity contribution in [1.29, 1.82) is 0 Å². The molecule has 0 aliphatic rings. The van der Waals surface area contributed by atoms with Gasteiger partial charge in [0.1, 0.15) is 6.54 Å². The van der Waals surface area contributed by atoms with E-state index in [0.717, 1.165) is 23.3 Å². The third-order valence-corrected chi connectivity index (χ3v) is 6.93. The Bertz CT molecular complexity index is 1010. The van der Waals surface area contributed by atoms with Crippen molar-refractivity contribution >= 4 is 27.3 Å². The van der Waals surface area contributed by atoms with E-state index in [2.05, 4.69) is 24.1 Å². The van der Waals surface area contributed by atoms with Gasteiger partial charge in [-0.2, -0.15) is 4.31 Å². The molecular formula is C21H30N4O4S. The average Bonchev–Trinajstić information content (AvgIpc) is 2.72. The molecule has 0 fully saturated rings. The fraction of sp³-hybridized carbons (Fsp3) is 0.429. The van der Waals surface area contributed by atoms with Gasteiger partial charge in [0.25, 0.3) is 5.56 Å². The summed E-state index contributed by atoms with van der Waals surface area (Å²) in [5, 5.41) is 2.75. The first-order valence-electron chi connectivity index (χ1n) is 10.1. The fourth-order valence-electron chi connectivity index (χ4n) is 3.20. The zero-order valence-electron chi connectivity index (χ0n) is 18.0. The number of nitrogens with one attached hydrogen (secondary N) is 1. The van der Waals surface area contributed by atoms with E-state index >= 15 is 0 Å². The minimum atomic E-state index is -3.72. The van der Waals surface area contributed by atoms with Gasteiger partial charge in [-0.1, -0.05) is 13.8 Å². The molecule has 164 valence electrons. The van der Waals surface area contributed by atoms with Crippen molar-refractivity contribution in [3.8, 4) is 0 Å². The van der Waals surface area contributed by atoms with E-state index in [9.17, 15) is 18.0 Å². The highest BCUT2D eigenvalue weighted by atomic mass is 32.2. The lowest BCUT2D eigenvalue weighted by Gasteiger charge is -2.21. The number of hydrogen-bond acceptors (Lipinski definition) is 5. The maximum atomic E-state index is 12.7. The number of pyridine rings is 1. The summed E-state index contributed by atoms with van der Waals surface area (Å²) in [6.45, 7) is 9.78. The SMILES string of the molecule is CCN(CC)c1ccc(NC(=O)Cn2cc(S(=O)(=O)N(CC)CC)ccc2=O)cc1. The molecule has 0 unspecified atom stereocenters. The van der Waals surface area contributed by atoms with Crippen LogP contribution in [-0.2, 0) is 21.4 Å². The van der Waals surface area contributed by atoms with Crippen LogP contribution in [0.1, 0.15) is 27.7 Å². The summed E-state index contributed by atoms with van der Waals surface area (Å²) in [5.41, 5.74) is 1.22. The second-order valence-electron chi connectivity index (χ2n) is 6.69.